The van der Waals surface area contributed by atoms with Gasteiger partial charge in [-0.25, -0.2) is 0 Å². The van der Waals surface area contributed by atoms with Crippen molar-refractivity contribution in [1.29, 1.82) is 0 Å². The third-order valence-electron chi connectivity index (χ3n) is 3.74. The average molecular weight is 220 g/mol. The largest absolute Gasteiger partial charge is 0.508 e. The molecule has 0 radical (unpaired) electrons. The van der Waals surface area contributed by atoms with Gasteiger partial charge in [-0.3, -0.25) is 0 Å². The first-order valence-electron chi connectivity index (χ1n) is 6.26. The van der Waals surface area contributed by atoms with Gasteiger partial charge in [0.15, 0.2) is 0 Å². The van der Waals surface area contributed by atoms with Crippen LogP contribution in [-0.2, 0) is 0 Å². The lowest BCUT2D eigenvalue weighted by Gasteiger charge is -2.32. The van der Waals surface area contributed by atoms with Crippen molar-refractivity contribution < 1.29 is 5.11 Å². The molecule has 1 aromatic rings. The molecule has 1 atom stereocenters. The Labute approximate surface area is 99.5 Å². The number of phenolic OH excluding ortho intramolecular Hbond substituents is 1. The molecule has 0 saturated carbocycles. The first kappa shape index (κ1) is 13.1. The van der Waals surface area contributed by atoms with Gasteiger partial charge in [0.25, 0.3) is 0 Å². The number of rotatable bonds is 5. The normalized spacial score (nSPS) is 13.8. The van der Waals surface area contributed by atoms with Gasteiger partial charge in [-0.1, -0.05) is 52.7 Å². The molecular formula is C15H24O. The maximum atomic E-state index is 9.28. The van der Waals surface area contributed by atoms with E-state index in [-0.39, 0.29) is 0 Å². The highest BCUT2D eigenvalue weighted by Crippen LogP contribution is 2.39. The molecule has 1 aromatic carbocycles. The summed E-state index contributed by atoms with van der Waals surface area (Å²) in [7, 11) is 0. The van der Waals surface area contributed by atoms with Crippen molar-refractivity contribution in [3.05, 3.63) is 29.8 Å². The second-order valence-corrected chi connectivity index (χ2v) is 5.41. The third-order valence-corrected chi connectivity index (χ3v) is 3.74. The van der Waals surface area contributed by atoms with Crippen LogP contribution in [0.25, 0.3) is 0 Å². The average Bonchev–Trinajstić information content (AvgIpc) is 2.26. The van der Waals surface area contributed by atoms with Crippen LogP contribution in [0.15, 0.2) is 24.3 Å². The Morgan fingerprint density at radius 3 is 2.25 bits per heavy atom. The quantitative estimate of drug-likeness (QED) is 0.761. The maximum absolute atomic E-state index is 9.28. The second kappa shape index (κ2) is 5.38. The summed E-state index contributed by atoms with van der Waals surface area (Å²) in [5.74, 6) is 0.877. The van der Waals surface area contributed by atoms with Crippen LogP contribution in [0.2, 0.25) is 0 Å². The lowest BCUT2D eigenvalue weighted by Crippen LogP contribution is -2.19. The van der Waals surface area contributed by atoms with Gasteiger partial charge in [-0.2, -0.15) is 0 Å². The SMILES string of the molecule is CCCCC(C)(C)C(C)c1ccc(O)cc1. The Hall–Kier alpha value is -0.980. The van der Waals surface area contributed by atoms with Gasteiger partial charge < -0.3 is 5.11 Å². The molecule has 0 aliphatic heterocycles. The van der Waals surface area contributed by atoms with Crippen LogP contribution < -0.4 is 0 Å². The molecule has 1 unspecified atom stereocenters. The number of unbranched alkanes of at least 4 members (excludes halogenated alkanes) is 1. The molecule has 16 heavy (non-hydrogen) atoms. The van der Waals surface area contributed by atoms with Gasteiger partial charge in [-0.05, 0) is 35.4 Å². The van der Waals surface area contributed by atoms with Crippen LogP contribution in [0.3, 0.4) is 0 Å². The molecule has 0 aliphatic rings. The summed E-state index contributed by atoms with van der Waals surface area (Å²) < 4.78 is 0. The lowest BCUT2D eigenvalue weighted by atomic mass is 9.73. The van der Waals surface area contributed by atoms with Crippen molar-refractivity contribution in [2.75, 3.05) is 0 Å². The number of aromatic hydroxyl groups is 1. The van der Waals surface area contributed by atoms with Crippen molar-refractivity contribution in [1.82, 2.24) is 0 Å². The van der Waals surface area contributed by atoms with Crippen LogP contribution in [0.4, 0.5) is 0 Å². The van der Waals surface area contributed by atoms with Crippen LogP contribution in [0.1, 0.15) is 58.4 Å². The van der Waals surface area contributed by atoms with Gasteiger partial charge in [0.1, 0.15) is 5.75 Å². The van der Waals surface area contributed by atoms with E-state index < -0.39 is 0 Å². The first-order valence-corrected chi connectivity index (χ1v) is 6.26. The number of hydrogen-bond acceptors (Lipinski definition) is 1. The molecule has 0 saturated heterocycles. The van der Waals surface area contributed by atoms with Crippen molar-refractivity contribution >= 4 is 0 Å². The molecule has 0 fully saturated rings. The van der Waals surface area contributed by atoms with E-state index >= 15 is 0 Å². The zero-order valence-electron chi connectivity index (χ0n) is 11.0. The molecule has 1 nitrogen and oxygen atoms in total. The summed E-state index contributed by atoms with van der Waals surface area (Å²) in [5, 5.41) is 9.28. The van der Waals surface area contributed by atoms with E-state index in [9.17, 15) is 5.11 Å². The summed E-state index contributed by atoms with van der Waals surface area (Å²) in [6.45, 7) is 9.18. The van der Waals surface area contributed by atoms with Gasteiger partial charge >= 0.3 is 0 Å². The van der Waals surface area contributed by atoms with E-state index in [4.69, 9.17) is 0 Å². The van der Waals surface area contributed by atoms with E-state index in [1.54, 1.807) is 12.1 Å². The predicted octanol–water partition coefficient (Wildman–Crippen LogP) is 4.71. The molecule has 1 heteroatoms. The van der Waals surface area contributed by atoms with Crippen LogP contribution >= 0.6 is 0 Å². The molecule has 0 aliphatic carbocycles. The number of phenols is 1. The Bertz CT molecular complexity index is 311. The van der Waals surface area contributed by atoms with Crippen LogP contribution in [-0.4, -0.2) is 5.11 Å². The van der Waals surface area contributed by atoms with E-state index in [0.29, 0.717) is 17.1 Å². The van der Waals surface area contributed by atoms with Gasteiger partial charge in [0.2, 0.25) is 0 Å². The Kier molecular flexibility index (Phi) is 4.40. The number of hydrogen-bond donors (Lipinski definition) is 1. The molecule has 0 aromatic heterocycles. The maximum Gasteiger partial charge on any atom is 0.115 e. The minimum Gasteiger partial charge on any atom is -0.508 e. The molecule has 1 rings (SSSR count). The highest BCUT2D eigenvalue weighted by molar-refractivity contribution is 5.28. The van der Waals surface area contributed by atoms with Crippen molar-refractivity contribution in [3.63, 3.8) is 0 Å². The van der Waals surface area contributed by atoms with E-state index in [2.05, 4.69) is 27.7 Å². The monoisotopic (exact) mass is 220 g/mol. The lowest BCUT2D eigenvalue weighted by molar-refractivity contribution is 0.267. The highest BCUT2D eigenvalue weighted by atomic mass is 16.3. The molecular weight excluding hydrogens is 196 g/mol. The molecule has 0 heterocycles. The minimum absolute atomic E-state index is 0.326. The zero-order valence-corrected chi connectivity index (χ0v) is 11.0. The zero-order chi connectivity index (χ0) is 12.2. The van der Waals surface area contributed by atoms with Crippen LogP contribution in [0.5, 0.6) is 5.75 Å². The molecule has 0 spiro atoms. The summed E-state index contributed by atoms with van der Waals surface area (Å²) in [6, 6.07) is 7.63. The topological polar surface area (TPSA) is 20.2 Å². The minimum atomic E-state index is 0.326. The second-order valence-electron chi connectivity index (χ2n) is 5.41. The molecule has 0 bridgehead atoms. The van der Waals surface area contributed by atoms with E-state index in [0.717, 1.165) is 0 Å². The Balaban J connectivity index is 2.75. The fourth-order valence-corrected chi connectivity index (χ4v) is 2.06. The van der Waals surface area contributed by atoms with E-state index in [1.807, 2.05) is 12.1 Å². The molecule has 1 N–H and O–H groups in total. The Morgan fingerprint density at radius 1 is 1.19 bits per heavy atom. The summed E-state index contributed by atoms with van der Waals surface area (Å²) in [6.07, 6.45) is 3.80. The first-order chi connectivity index (χ1) is 7.47. The third kappa shape index (κ3) is 3.26. The fraction of sp³-hybridized carbons (Fsp3) is 0.600. The van der Waals surface area contributed by atoms with Gasteiger partial charge in [0.05, 0.1) is 0 Å². The van der Waals surface area contributed by atoms with Gasteiger partial charge in [-0.15, -0.1) is 0 Å². The van der Waals surface area contributed by atoms with Crippen molar-refractivity contribution in [2.45, 2.75) is 52.9 Å². The van der Waals surface area contributed by atoms with E-state index in [1.165, 1.54) is 24.8 Å². The predicted molar refractivity (Wildman–Crippen MR) is 69.8 cm³/mol. The molecule has 90 valence electrons. The summed E-state index contributed by atoms with van der Waals surface area (Å²) in [4.78, 5) is 0. The summed E-state index contributed by atoms with van der Waals surface area (Å²) in [5.41, 5.74) is 1.64. The standard InChI is InChI=1S/C15H24O/c1-5-6-11-15(3,4)12(2)13-7-9-14(16)10-8-13/h7-10,12,16H,5-6,11H2,1-4H3. The smallest absolute Gasteiger partial charge is 0.115 e. The van der Waals surface area contributed by atoms with Gasteiger partial charge in [0, 0.05) is 0 Å². The van der Waals surface area contributed by atoms with Crippen molar-refractivity contribution in [2.24, 2.45) is 5.41 Å². The molecule has 0 amide bonds. The fourth-order valence-electron chi connectivity index (χ4n) is 2.06. The number of benzene rings is 1. The Morgan fingerprint density at radius 2 is 1.75 bits per heavy atom. The summed E-state index contributed by atoms with van der Waals surface area (Å²) >= 11 is 0. The highest BCUT2D eigenvalue weighted by Gasteiger charge is 2.26. The van der Waals surface area contributed by atoms with Crippen molar-refractivity contribution in [3.8, 4) is 5.75 Å². The van der Waals surface area contributed by atoms with Crippen LogP contribution in [0, 0.1) is 5.41 Å².